The summed E-state index contributed by atoms with van der Waals surface area (Å²) in [4.78, 5) is 0. The molecule has 0 amide bonds. The van der Waals surface area contributed by atoms with Crippen LogP contribution in [-0.4, -0.2) is 24.9 Å². The molecule has 0 saturated heterocycles. The molecule has 0 aliphatic heterocycles. The number of rotatable bonds is 6. The van der Waals surface area contributed by atoms with E-state index in [1.807, 2.05) is 18.2 Å². The Morgan fingerprint density at radius 2 is 2.00 bits per heavy atom. The highest BCUT2D eigenvalue weighted by Crippen LogP contribution is 2.34. The lowest BCUT2D eigenvalue weighted by molar-refractivity contribution is -0.0328. The van der Waals surface area contributed by atoms with Crippen molar-refractivity contribution >= 4 is 23.4 Å². The van der Waals surface area contributed by atoms with Gasteiger partial charge < -0.3 is 5.32 Å². The number of hydrogen-bond donors (Lipinski definition) is 1. The van der Waals surface area contributed by atoms with Crippen molar-refractivity contribution in [2.75, 3.05) is 19.3 Å². The van der Waals surface area contributed by atoms with Gasteiger partial charge in [-0.15, -0.1) is 0 Å². The van der Waals surface area contributed by atoms with Gasteiger partial charge in [0.25, 0.3) is 0 Å². The van der Waals surface area contributed by atoms with Crippen molar-refractivity contribution in [1.82, 2.24) is 5.32 Å². The molecule has 1 aromatic rings. The van der Waals surface area contributed by atoms with E-state index in [-0.39, 0.29) is 23.4 Å². The van der Waals surface area contributed by atoms with Crippen LogP contribution in [0.5, 0.6) is 0 Å². The molecule has 1 atom stereocenters. The average molecular weight is 298 g/mol. The molecule has 0 spiro atoms. The van der Waals surface area contributed by atoms with E-state index in [9.17, 15) is 13.2 Å². The molecule has 6 heteroatoms. The van der Waals surface area contributed by atoms with Crippen LogP contribution in [0.25, 0.3) is 0 Å². The number of alkyl halides is 3. The highest BCUT2D eigenvalue weighted by Gasteiger charge is 2.28. The fraction of sp³-hybridized carbons (Fsp3) is 0.500. The SMILES string of the molecule is CNCC(CCSC(F)(F)F)c1ccccc1Cl. The molecular weight excluding hydrogens is 283 g/mol. The van der Waals surface area contributed by atoms with Crippen LogP contribution in [0.15, 0.2) is 24.3 Å². The lowest BCUT2D eigenvalue weighted by Gasteiger charge is -2.18. The van der Waals surface area contributed by atoms with Crippen LogP contribution in [0.1, 0.15) is 17.9 Å². The van der Waals surface area contributed by atoms with Crippen molar-refractivity contribution in [2.24, 2.45) is 0 Å². The molecule has 1 aromatic carbocycles. The van der Waals surface area contributed by atoms with E-state index in [0.29, 0.717) is 18.0 Å². The Labute approximate surface area is 114 Å². The predicted molar refractivity (Wildman–Crippen MR) is 71.2 cm³/mol. The first-order chi connectivity index (χ1) is 8.44. The zero-order valence-electron chi connectivity index (χ0n) is 9.93. The van der Waals surface area contributed by atoms with Gasteiger partial charge in [-0.1, -0.05) is 41.6 Å². The van der Waals surface area contributed by atoms with E-state index in [1.54, 1.807) is 13.1 Å². The molecule has 1 N–H and O–H groups in total. The second-order valence-electron chi connectivity index (χ2n) is 3.86. The maximum atomic E-state index is 12.1. The summed E-state index contributed by atoms with van der Waals surface area (Å²) in [6.07, 6.45) is 0.439. The van der Waals surface area contributed by atoms with Crippen LogP contribution in [0.3, 0.4) is 0 Å². The third-order valence-electron chi connectivity index (χ3n) is 2.53. The standard InChI is InChI=1S/C12H15ClF3NS/c1-17-8-9(6-7-18-12(14,15)16)10-4-2-3-5-11(10)13/h2-5,9,17H,6-8H2,1H3. The highest BCUT2D eigenvalue weighted by molar-refractivity contribution is 8.00. The van der Waals surface area contributed by atoms with Crippen LogP contribution >= 0.6 is 23.4 Å². The van der Waals surface area contributed by atoms with Gasteiger partial charge >= 0.3 is 5.51 Å². The molecule has 0 bridgehead atoms. The van der Waals surface area contributed by atoms with Gasteiger partial charge in [0.1, 0.15) is 0 Å². The topological polar surface area (TPSA) is 12.0 Å². The first-order valence-corrected chi connectivity index (χ1v) is 6.90. The van der Waals surface area contributed by atoms with Crippen LogP contribution in [0.2, 0.25) is 5.02 Å². The molecule has 1 nitrogen and oxygen atoms in total. The summed E-state index contributed by atoms with van der Waals surface area (Å²) in [6, 6.07) is 7.28. The number of likely N-dealkylation sites (N-methyl/N-ethyl adjacent to an activating group) is 1. The van der Waals surface area contributed by atoms with Crippen molar-refractivity contribution in [1.29, 1.82) is 0 Å². The predicted octanol–water partition coefficient (Wildman–Crippen LogP) is 4.29. The normalized spacial score (nSPS) is 13.6. The van der Waals surface area contributed by atoms with E-state index in [0.717, 1.165) is 5.56 Å². The third-order valence-corrected chi connectivity index (χ3v) is 3.64. The monoisotopic (exact) mass is 297 g/mol. The van der Waals surface area contributed by atoms with Gasteiger partial charge in [0.05, 0.1) is 0 Å². The number of halogens is 4. The van der Waals surface area contributed by atoms with Crippen molar-refractivity contribution in [2.45, 2.75) is 17.8 Å². The Balaban J connectivity index is 2.63. The summed E-state index contributed by atoms with van der Waals surface area (Å²) in [5.74, 6) is 0.0414. The second-order valence-corrected chi connectivity index (χ2v) is 5.43. The van der Waals surface area contributed by atoms with Crippen molar-refractivity contribution in [3.05, 3.63) is 34.9 Å². The van der Waals surface area contributed by atoms with Crippen LogP contribution in [0, 0.1) is 0 Å². The summed E-state index contributed by atoms with van der Waals surface area (Å²) in [5.41, 5.74) is -3.26. The van der Waals surface area contributed by atoms with Gasteiger partial charge in [-0.05, 0) is 31.0 Å². The fourth-order valence-corrected chi connectivity index (χ4v) is 2.66. The van der Waals surface area contributed by atoms with Gasteiger partial charge in [-0.25, -0.2) is 0 Å². The van der Waals surface area contributed by atoms with Gasteiger partial charge in [0, 0.05) is 17.3 Å². The van der Waals surface area contributed by atoms with Crippen LogP contribution in [0.4, 0.5) is 13.2 Å². The maximum absolute atomic E-state index is 12.1. The van der Waals surface area contributed by atoms with Gasteiger partial charge in [0.2, 0.25) is 0 Å². The van der Waals surface area contributed by atoms with Gasteiger partial charge in [-0.2, -0.15) is 13.2 Å². The van der Waals surface area contributed by atoms with E-state index in [2.05, 4.69) is 5.32 Å². The number of nitrogens with one attached hydrogen (secondary N) is 1. The molecule has 0 aliphatic rings. The smallest absolute Gasteiger partial charge is 0.319 e. The summed E-state index contributed by atoms with van der Waals surface area (Å²) < 4.78 is 36.3. The van der Waals surface area contributed by atoms with E-state index in [1.165, 1.54) is 0 Å². The van der Waals surface area contributed by atoms with Crippen LogP contribution < -0.4 is 5.32 Å². The molecule has 0 fully saturated rings. The molecule has 1 unspecified atom stereocenters. The molecule has 0 aromatic heterocycles. The summed E-state index contributed by atoms with van der Waals surface area (Å²) in [7, 11) is 1.78. The minimum Gasteiger partial charge on any atom is -0.319 e. The maximum Gasteiger partial charge on any atom is 0.441 e. The van der Waals surface area contributed by atoms with Crippen molar-refractivity contribution in [3.63, 3.8) is 0 Å². The molecule has 1 rings (SSSR count). The van der Waals surface area contributed by atoms with E-state index < -0.39 is 5.51 Å². The van der Waals surface area contributed by atoms with Gasteiger partial charge in [0.15, 0.2) is 0 Å². The summed E-state index contributed by atoms with van der Waals surface area (Å²) >= 11 is 6.08. The third kappa shape index (κ3) is 5.50. The van der Waals surface area contributed by atoms with Crippen molar-refractivity contribution in [3.8, 4) is 0 Å². The lowest BCUT2D eigenvalue weighted by atomic mass is 9.96. The molecule has 0 radical (unpaired) electrons. The van der Waals surface area contributed by atoms with E-state index >= 15 is 0 Å². The van der Waals surface area contributed by atoms with Crippen molar-refractivity contribution < 1.29 is 13.2 Å². The molecule has 102 valence electrons. The first kappa shape index (κ1) is 15.7. The minimum absolute atomic E-state index is 0.00134. The summed E-state index contributed by atoms with van der Waals surface area (Å²) in [6.45, 7) is 0.613. The molecule has 0 aliphatic carbocycles. The number of hydrogen-bond acceptors (Lipinski definition) is 2. The van der Waals surface area contributed by atoms with Crippen LogP contribution in [-0.2, 0) is 0 Å². The summed E-state index contributed by atoms with van der Waals surface area (Å²) in [5, 5.41) is 3.60. The largest absolute Gasteiger partial charge is 0.441 e. The first-order valence-electron chi connectivity index (χ1n) is 5.53. The Bertz CT molecular complexity index is 371. The Kier molecular flexibility index (Phi) is 6.32. The molecular formula is C12H15ClF3NS. The quantitative estimate of drug-likeness (QED) is 0.841. The molecule has 0 saturated carbocycles. The Morgan fingerprint density at radius 1 is 1.33 bits per heavy atom. The Morgan fingerprint density at radius 3 is 2.56 bits per heavy atom. The van der Waals surface area contributed by atoms with E-state index in [4.69, 9.17) is 11.6 Å². The Hall–Kier alpha value is -0.390. The highest BCUT2D eigenvalue weighted by atomic mass is 35.5. The minimum atomic E-state index is -4.16. The zero-order valence-corrected chi connectivity index (χ0v) is 11.5. The molecule has 0 heterocycles. The van der Waals surface area contributed by atoms with Gasteiger partial charge in [-0.3, -0.25) is 0 Å². The average Bonchev–Trinajstić information content (AvgIpc) is 2.27. The number of benzene rings is 1. The lowest BCUT2D eigenvalue weighted by Crippen LogP contribution is -2.18. The number of thioether (sulfide) groups is 1. The molecule has 18 heavy (non-hydrogen) atoms. The fourth-order valence-electron chi connectivity index (χ4n) is 1.74. The zero-order chi connectivity index (χ0) is 13.6. The second kappa shape index (κ2) is 7.26.